The third-order valence-electron chi connectivity index (χ3n) is 3.68. The molecule has 1 heterocycles. The summed E-state index contributed by atoms with van der Waals surface area (Å²) in [6.07, 6.45) is 1.99. The van der Waals surface area contributed by atoms with Gasteiger partial charge >= 0.3 is 0 Å². The number of hydrogen-bond acceptors (Lipinski definition) is 1. The molecule has 0 bridgehead atoms. The minimum absolute atomic E-state index is 0.796. The van der Waals surface area contributed by atoms with Crippen LogP contribution in [0.15, 0.2) is 48.7 Å². The van der Waals surface area contributed by atoms with Gasteiger partial charge < -0.3 is 0 Å². The second-order valence-corrected chi connectivity index (χ2v) is 5.77. The molecule has 0 aliphatic heterocycles. The number of rotatable bonds is 2. The topological polar surface area (TPSA) is 17.8 Å². The molecule has 0 aliphatic carbocycles. The summed E-state index contributed by atoms with van der Waals surface area (Å²) in [5.74, 6) is 0. The molecule has 0 fully saturated rings. The van der Waals surface area contributed by atoms with E-state index >= 15 is 0 Å². The van der Waals surface area contributed by atoms with Crippen molar-refractivity contribution in [1.82, 2.24) is 9.78 Å². The highest BCUT2D eigenvalue weighted by Gasteiger charge is 2.07. The Labute approximate surface area is 130 Å². The van der Waals surface area contributed by atoms with E-state index in [1.807, 2.05) is 36.9 Å². The summed E-state index contributed by atoms with van der Waals surface area (Å²) in [6, 6.07) is 14.6. The minimum atomic E-state index is 0.796. The molecular weight excluding hydrogens is 280 g/mol. The van der Waals surface area contributed by atoms with E-state index in [-0.39, 0.29) is 0 Å². The fraction of sp³-hybridized carbons (Fsp3) is 0.167. The molecule has 3 rings (SSSR count). The van der Waals surface area contributed by atoms with Gasteiger partial charge in [0.1, 0.15) is 0 Å². The summed E-state index contributed by atoms with van der Waals surface area (Å²) in [4.78, 5) is 0. The quantitative estimate of drug-likeness (QED) is 0.642. The van der Waals surface area contributed by atoms with Gasteiger partial charge in [-0.2, -0.15) is 5.10 Å². The van der Waals surface area contributed by atoms with Crippen molar-refractivity contribution in [3.63, 3.8) is 0 Å². The first-order valence-corrected chi connectivity index (χ1v) is 7.32. The van der Waals surface area contributed by atoms with E-state index < -0.39 is 0 Å². The smallest absolute Gasteiger partial charge is 0.0680 e. The average Bonchev–Trinajstić information content (AvgIpc) is 2.89. The van der Waals surface area contributed by atoms with Gasteiger partial charge in [0.15, 0.2) is 0 Å². The highest BCUT2D eigenvalue weighted by molar-refractivity contribution is 6.31. The van der Waals surface area contributed by atoms with Crippen LogP contribution < -0.4 is 0 Å². The van der Waals surface area contributed by atoms with Crippen molar-refractivity contribution in [2.75, 3.05) is 0 Å². The molecule has 2 nitrogen and oxygen atoms in total. The van der Waals surface area contributed by atoms with Crippen molar-refractivity contribution in [2.24, 2.45) is 0 Å². The molecule has 0 radical (unpaired) electrons. The second-order valence-electron chi connectivity index (χ2n) is 5.37. The van der Waals surface area contributed by atoms with Crippen LogP contribution in [-0.4, -0.2) is 9.78 Å². The molecule has 0 aliphatic rings. The van der Waals surface area contributed by atoms with Crippen LogP contribution in [0, 0.1) is 20.8 Å². The first kappa shape index (κ1) is 13.9. The van der Waals surface area contributed by atoms with E-state index in [1.165, 1.54) is 5.56 Å². The van der Waals surface area contributed by atoms with Gasteiger partial charge in [-0.15, -0.1) is 0 Å². The number of hydrogen-bond donors (Lipinski definition) is 0. The summed E-state index contributed by atoms with van der Waals surface area (Å²) < 4.78 is 1.92. The maximum atomic E-state index is 6.24. The standard InChI is InChI=1S/C18H17ClN2/c1-12-4-6-15(10-17(12)19)16-7-5-13(2)18(11-16)21-9-8-14(3)20-21/h4-11H,1-3H3. The zero-order valence-electron chi connectivity index (χ0n) is 12.4. The van der Waals surface area contributed by atoms with Crippen molar-refractivity contribution < 1.29 is 0 Å². The fourth-order valence-corrected chi connectivity index (χ4v) is 2.54. The predicted molar refractivity (Wildman–Crippen MR) is 88.2 cm³/mol. The van der Waals surface area contributed by atoms with E-state index in [0.717, 1.165) is 33.1 Å². The number of halogens is 1. The highest BCUT2D eigenvalue weighted by atomic mass is 35.5. The van der Waals surface area contributed by atoms with Gasteiger partial charge in [0, 0.05) is 11.2 Å². The molecule has 0 atom stereocenters. The van der Waals surface area contributed by atoms with Gasteiger partial charge in [-0.25, -0.2) is 4.68 Å². The van der Waals surface area contributed by atoms with Crippen molar-refractivity contribution in [2.45, 2.75) is 20.8 Å². The van der Waals surface area contributed by atoms with Gasteiger partial charge in [0.2, 0.25) is 0 Å². The van der Waals surface area contributed by atoms with Crippen molar-refractivity contribution in [1.29, 1.82) is 0 Å². The van der Waals surface area contributed by atoms with E-state index in [1.54, 1.807) is 0 Å². The fourth-order valence-electron chi connectivity index (χ4n) is 2.36. The van der Waals surface area contributed by atoms with Crippen molar-refractivity contribution in [3.8, 4) is 16.8 Å². The van der Waals surface area contributed by atoms with Gasteiger partial charge in [-0.3, -0.25) is 0 Å². The third kappa shape index (κ3) is 2.72. The number of aryl methyl sites for hydroxylation is 3. The maximum absolute atomic E-state index is 6.24. The SMILES string of the molecule is Cc1ccn(-c2cc(-c3ccc(C)c(Cl)c3)ccc2C)n1. The van der Waals surface area contributed by atoms with Crippen LogP contribution >= 0.6 is 11.6 Å². The molecule has 3 heteroatoms. The van der Waals surface area contributed by atoms with E-state index in [2.05, 4.69) is 42.4 Å². The van der Waals surface area contributed by atoms with Crippen LogP contribution in [0.5, 0.6) is 0 Å². The predicted octanol–water partition coefficient (Wildman–Crippen LogP) is 5.12. The molecule has 0 saturated heterocycles. The third-order valence-corrected chi connectivity index (χ3v) is 4.09. The summed E-state index contributed by atoms with van der Waals surface area (Å²) >= 11 is 6.24. The Kier molecular flexibility index (Phi) is 3.56. The van der Waals surface area contributed by atoms with Crippen LogP contribution in [0.25, 0.3) is 16.8 Å². The lowest BCUT2D eigenvalue weighted by Gasteiger charge is -2.10. The number of benzene rings is 2. The summed E-state index contributed by atoms with van der Waals surface area (Å²) in [6.45, 7) is 6.10. The van der Waals surface area contributed by atoms with Crippen LogP contribution in [0.2, 0.25) is 5.02 Å². The Balaban J connectivity index is 2.10. The van der Waals surface area contributed by atoms with E-state index in [4.69, 9.17) is 11.6 Å². The molecule has 0 saturated carbocycles. The number of aromatic nitrogens is 2. The van der Waals surface area contributed by atoms with Gasteiger partial charge in [-0.1, -0.05) is 35.9 Å². The minimum Gasteiger partial charge on any atom is -0.240 e. The Morgan fingerprint density at radius 3 is 2.14 bits per heavy atom. The summed E-state index contributed by atoms with van der Waals surface area (Å²) in [5, 5.41) is 5.29. The zero-order valence-corrected chi connectivity index (χ0v) is 13.1. The largest absolute Gasteiger partial charge is 0.240 e. The summed E-state index contributed by atoms with van der Waals surface area (Å²) in [7, 11) is 0. The van der Waals surface area contributed by atoms with Crippen molar-refractivity contribution >= 4 is 11.6 Å². The summed E-state index contributed by atoms with van der Waals surface area (Å²) in [5.41, 5.74) is 6.66. The molecule has 1 aromatic heterocycles. The van der Waals surface area contributed by atoms with Crippen molar-refractivity contribution in [3.05, 3.63) is 70.5 Å². The Morgan fingerprint density at radius 1 is 0.857 bits per heavy atom. The maximum Gasteiger partial charge on any atom is 0.0680 e. The molecule has 3 aromatic rings. The Hall–Kier alpha value is -2.06. The van der Waals surface area contributed by atoms with Gasteiger partial charge in [0.05, 0.1) is 11.4 Å². The first-order valence-electron chi connectivity index (χ1n) is 6.94. The van der Waals surface area contributed by atoms with Crippen LogP contribution in [0.1, 0.15) is 16.8 Å². The normalized spacial score (nSPS) is 10.9. The molecule has 0 unspecified atom stereocenters. The molecule has 0 spiro atoms. The molecule has 2 aromatic carbocycles. The lowest BCUT2D eigenvalue weighted by Crippen LogP contribution is -1.98. The van der Waals surface area contributed by atoms with Crippen LogP contribution in [0.4, 0.5) is 0 Å². The molecule has 106 valence electrons. The molecule has 0 N–H and O–H groups in total. The van der Waals surface area contributed by atoms with Crippen LogP contribution in [-0.2, 0) is 0 Å². The van der Waals surface area contributed by atoms with E-state index in [0.29, 0.717) is 0 Å². The van der Waals surface area contributed by atoms with E-state index in [9.17, 15) is 0 Å². The average molecular weight is 297 g/mol. The van der Waals surface area contributed by atoms with Gasteiger partial charge in [-0.05, 0) is 61.2 Å². The monoisotopic (exact) mass is 296 g/mol. The molecular formula is C18H17ClN2. The van der Waals surface area contributed by atoms with Crippen LogP contribution in [0.3, 0.4) is 0 Å². The lowest BCUT2D eigenvalue weighted by atomic mass is 10.0. The molecule has 0 amide bonds. The molecule has 21 heavy (non-hydrogen) atoms. The van der Waals surface area contributed by atoms with Gasteiger partial charge in [0.25, 0.3) is 0 Å². The zero-order chi connectivity index (χ0) is 15.0. The Morgan fingerprint density at radius 2 is 1.52 bits per heavy atom. The lowest BCUT2D eigenvalue weighted by molar-refractivity contribution is 0.856. The first-order chi connectivity index (χ1) is 10.0. The highest BCUT2D eigenvalue weighted by Crippen LogP contribution is 2.28. The Bertz CT molecular complexity index is 803. The second kappa shape index (κ2) is 5.38. The number of nitrogens with zero attached hydrogens (tertiary/aromatic N) is 2.